The Morgan fingerprint density at radius 1 is 0.763 bits per heavy atom. The van der Waals surface area contributed by atoms with Gasteiger partial charge in [0.05, 0.1) is 23.0 Å². The number of unbranched alkanes of at least 4 members (excludes halogenated alkanes) is 2. The third kappa shape index (κ3) is 6.45. The van der Waals surface area contributed by atoms with Crippen LogP contribution < -0.4 is 21.9 Å². The van der Waals surface area contributed by atoms with Crippen molar-refractivity contribution in [3.63, 3.8) is 0 Å². The lowest BCUT2D eigenvalue weighted by Crippen LogP contribution is -2.41. The van der Waals surface area contributed by atoms with Crippen LogP contribution in [0.25, 0.3) is 16.6 Å². The van der Waals surface area contributed by atoms with Crippen molar-refractivity contribution in [2.24, 2.45) is 0 Å². The Hall–Kier alpha value is -4.46. The number of hydrogen-bond acceptors (Lipinski definition) is 4. The van der Waals surface area contributed by atoms with E-state index in [-0.39, 0.29) is 24.8 Å². The van der Waals surface area contributed by atoms with Crippen LogP contribution in [0.15, 0.2) is 88.5 Å². The van der Waals surface area contributed by atoms with Crippen molar-refractivity contribution in [1.82, 2.24) is 19.8 Å². The molecule has 4 rings (SSSR count). The first-order valence-corrected chi connectivity index (χ1v) is 12.9. The minimum absolute atomic E-state index is 0.0689. The molecule has 38 heavy (non-hydrogen) atoms. The Morgan fingerprint density at radius 3 is 2.21 bits per heavy atom. The Kier molecular flexibility index (Phi) is 8.87. The molecule has 2 amide bonds. The molecule has 1 aromatic heterocycles. The lowest BCUT2D eigenvalue weighted by molar-refractivity contribution is -0.122. The van der Waals surface area contributed by atoms with Gasteiger partial charge in [0.2, 0.25) is 11.8 Å². The number of carbonyl (C=O) groups is 2. The molecule has 2 N–H and O–H groups in total. The van der Waals surface area contributed by atoms with Gasteiger partial charge in [0.15, 0.2) is 0 Å². The maximum Gasteiger partial charge on any atom is 0.336 e. The predicted octanol–water partition coefficient (Wildman–Crippen LogP) is 3.32. The van der Waals surface area contributed by atoms with E-state index in [1.807, 2.05) is 30.3 Å². The fourth-order valence-electron chi connectivity index (χ4n) is 4.31. The van der Waals surface area contributed by atoms with Crippen LogP contribution in [0, 0.1) is 0 Å². The maximum atomic E-state index is 13.5. The summed E-state index contributed by atoms with van der Waals surface area (Å²) in [5, 5.41) is 6.08. The van der Waals surface area contributed by atoms with Crippen molar-refractivity contribution in [2.75, 3.05) is 6.54 Å². The van der Waals surface area contributed by atoms with E-state index in [9.17, 15) is 19.2 Å². The molecule has 1 heterocycles. The van der Waals surface area contributed by atoms with Crippen LogP contribution in [0.2, 0.25) is 0 Å². The van der Waals surface area contributed by atoms with Gasteiger partial charge in [-0.25, -0.2) is 9.36 Å². The van der Waals surface area contributed by atoms with Crippen LogP contribution in [0.3, 0.4) is 0 Å². The molecule has 0 radical (unpaired) electrons. The second-order valence-corrected chi connectivity index (χ2v) is 9.19. The molecule has 0 bridgehead atoms. The quantitative estimate of drug-likeness (QED) is 0.301. The van der Waals surface area contributed by atoms with Gasteiger partial charge in [0.25, 0.3) is 5.56 Å². The molecule has 0 aliphatic carbocycles. The largest absolute Gasteiger partial charge is 0.356 e. The molecule has 0 saturated carbocycles. The van der Waals surface area contributed by atoms with Gasteiger partial charge in [-0.05, 0) is 41.8 Å². The number of nitrogens with zero attached hydrogens (tertiary/aromatic N) is 2. The average molecular weight is 513 g/mol. The molecular formula is C30H32N4O4. The number of hydrogen-bond donors (Lipinski definition) is 2. The minimum Gasteiger partial charge on any atom is -0.356 e. The normalized spacial score (nSPS) is 10.9. The number of aromatic nitrogens is 2. The molecule has 0 atom stereocenters. The van der Waals surface area contributed by atoms with E-state index in [1.165, 1.54) is 4.57 Å². The monoisotopic (exact) mass is 512 g/mol. The first-order chi connectivity index (χ1) is 18.5. The highest BCUT2D eigenvalue weighted by Gasteiger charge is 2.16. The van der Waals surface area contributed by atoms with Crippen LogP contribution in [0.5, 0.6) is 0 Å². The van der Waals surface area contributed by atoms with Crippen molar-refractivity contribution >= 4 is 22.7 Å². The lowest BCUT2D eigenvalue weighted by Gasteiger charge is -2.14. The van der Waals surface area contributed by atoms with Crippen LogP contribution in [0.4, 0.5) is 0 Å². The SMILES string of the molecule is CCCCCNC(=O)Cc1ccc(-n2c(=O)c3ccccc3n(CC(=O)NCc3ccccc3)c2=O)cc1. The summed E-state index contributed by atoms with van der Waals surface area (Å²) in [6.07, 6.45) is 3.32. The zero-order valence-electron chi connectivity index (χ0n) is 21.5. The van der Waals surface area contributed by atoms with Gasteiger partial charge in [-0.2, -0.15) is 0 Å². The molecule has 0 saturated heterocycles. The Balaban J connectivity index is 1.58. The van der Waals surface area contributed by atoms with Gasteiger partial charge in [-0.1, -0.05) is 74.4 Å². The molecule has 196 valence electrons. The van der Waals surface area contributed by atoms with Crippen LogP contribution >= 0.6 is 0 Å². The minimum atomic E-state index is -0.607. The van der Waals surface area contributed by atoms with Crippen molar-refractivity contribution in [1.29, 1.82) is 0 Å². The molecule has 0 unspecified atom stereocenters. The molecule has 0 fully saturated rings. The van der Waals surface area contributed by atoms with Crippen LogP contribution in [0.1, 0.15) is 37.3 Å². The van der Waals surface area contributed by atoms with Crippen molar-refractivity contribution in [3.8, 4) is 5.69 Å². The van der Waals surface area contributed by atoms with E-state index in [1.54, 1.807) is 48.5 Å². The Bertz CT molecular complexity index is 1520. The van der Waals surface area contributed by atoms with E-state index >= 15 is 0 Å². The number of nitrogens with one attached hydrogen (secondary N) is 2. The fourth-order valence-corrected chi connectivity index (χ4v) is 4.31. The summed E-state index contributed by atoms with van der Waals surface area (Å²) in [5.74, 6) is -0.410. The fraction of sp³-hybridized carbons (Fsp3) is 0.267. The predicted molar refractivity (Wildman–Crippen MR) is 148 cm³/mol. The van der Waals surface area contributed by atoms with E-state index in [2.05, 4.69) is 17.6 Å². The second kappa shape index (κ2) is 12.7. The van der Waals surface area contributed by atoms with E-state index in [0.717, 1.165) is 35.0 Å². The number of rotatable bonds is 11. The summed E-state index contributed by atoms with van der Waals surface area (Å²) in [6.45, 7) is 2.86. The number of fused-ring (bicyclic) bond motifs is 1. The van der Waals surface area contributed by atoms with Gasteiger partial charge in [0, 0.05) is 13.1 Å². The van der Waals surface area contributed by atoms with Crippen molar-refractivity contribution in [2.45, 2.75) is 45.7 Å². The number of benzene rings is 3. The third-order valence-electron chi connectivity index (χ3n) is 6.35. The highest BCUT2D eigenvalue weighted by Crippen LogP contribution is 2.12. The summed E-state index contributed by atoms with van der Waals surface area (Å²) >= 11 is 0. The van der Waals surface area contributed by atoms with E-state index < -0.39 is 11.2 Å². The van der Waals surface area contributed by atoms with E-state index in [4.69, 9.17) is 0 Å². The topological polar surface area (TPSA) is 102 Å². The molecule has 3 aromatic carbocycles. The standard InChI is InChI=1S/C30H32N4O4/c1-2-3-9-18-31-27(35)19-22-14-16-24(17-15-22)34-29(37)25-12-7-8-13-26(25)33(30(34)38)21-28(36)32-20-23-10-5-4-6-11-23/h4-8,10-17H,2-3,9,18-21H2,1H3,(H,31,35)(H,32,36). The average Bonchev–Trinajstić information content (AvgIpc) is 2.94. The van der Waals surface area contributed by atoms with E-state index in [0.29, 0.717) is 29.7 Å². The molecule has 8 heteroatoms. The lowest BCUT2D eigenvalue weighted by atomic mass is 10.1. The number of amides is 2. The first-order valence-electron chi connectivity index (χ1n) is 12.9. The number of para-hydroxylation sites is 1. The highest BCUT2D eigenvalue weighted by molar-refractivity contribution is 5.82. The Morgan fingerprint density at radius 2 is 1.47 bits per heavy atom. The summed E-state index contributed by atoms with van der Waals surface area (Å²) in [7, 11) is 0. The second-order valence-electron chi connectivity index (χ2n) is 9.19. The maximum absolute atomic E-state index is 13.5. The van der Waals surface area contributed by atoms with Crippen molar-refractivity contribution in [3.05, 3.63) is 111 Å². The van der Waals surface area contributed by atoms with Gasteiger partial charge < -0.3 is 10.6 Å². The zero-order valence-corrected chi connectivity index (χ0v) is 21.5. The van der Waals surface area contributed by atoms with Crippen LogP contribution in [-0.2, 0) is 29.1 Å². The smallest absolute Gasteiger partial charge is 0.336 e. The summed E-state index contributed by atoms with van der Waals surface area (Å²) in [5.41, 5.74) is 1.41. The van der Waals surface area contributed by atoms with Gasteiger partial charge in [-0.3, -0.25) is 19.0 Å². The summed E-state index contributed by atoms with van der Waals surface area (Å²) in [4.78, 5) is 51.8. The van der Waals surface area contributed by atoms with Gasteiger partial charge in [-0.15, -0.1) is 0 Å². The highest BCUT2D eigenvalue weighted by atomic mass is 16.2. The number of carbonyl (C=O) groups excluding carboxylic acids is 2. The molecular weight excluding hydrogens is 480 g/mol. The molecule has 0 aliphatic heterocycles. The zero-order chi connectivity index (χ0) is 26.9. The first kappa shape index (κ1) is 26.6. The van der Waals surface area contributed by atoms with Gasteiger partial charge >= 0.3 is 5.69 Å². The molecule has 0 spiro atoms. The molecule has 8 nitrogen and oxygen atoms in total. The third-order valence-corrected chi connectivity index (χ3v) is 6.35. The molecule has 4 aromatic rings. The molecule has 0 aliphatic rings. The van der Waals surface area contributed by atoms with Crippen molar-refractivity contribution < 1.29 is 9.59 Å². The summed E-state index contributed by atoms with van der Waals surface area (Å²) in [6, 6.07) is 23.0. The van der Waals surface area contributed by atoms with Gasteiger partial charge in [0.1, 0.15) is 6.54 Å². The Labute approximate surface area is 220 Å². The van der Waals surface area contributed by atoms with Crippen LogP contribution in [-0.4, -0.2) is 27.5 Å². The summed E-state index contributed by atoms with van der Waals surface area (Å²) < 4.78 is 2.39.